The van der Waals surface area contributed by atoms with Gasteiger partial charge in [0.2, 0.25) is 5.91 Å². The van der Waals surface area contributed by atoms with Crippen molar-refractivity contribution in [3.05, 3.63) is 54.1 Å². The molecule has 1 amide bonds. The molecule has 0 saturated carbocycles. The van der Waals surface area contributed by atoms with E-state index in [2.05, 4.69) is 10.2 Å². The third-order valence-corrected chi connectivity index (χ3v) is 5.48. The first-order valence-electron chi connectivity index (χ1n) is 11.2. The number of allylic oxidation sites excluding steroid dienone is 1. The molecule has 0 aromatic heterocycles. The van der Waals surface area contributed by atoms with Gasteiger partial charge in [0, 0.05) is 38.0 Å². The fraction of sp³-hybridized carbons (Fsp3) is 0.440. The third-order valence-electron chi connectivity index (χ3n) is 5.48. The van der Waals surface area contributed by atoms with Crippen LogP contribution in [0.3, 0.4) is 0 Å². The quantitative estimate of drug-likeness (QED) is 0.389. The zero-order valence-corrected chi connectivity index (χ0v) is 18.4. The molecule has 0 spiro atoms. The van der Waals surface area contributed by atoms with Crippen LogP contribution in [0.4, 0.5) is 0 Å². The van der Waals surface area contributed by atoms with E-state index in [0.717, 1.165) is 49.4 Å². The molecule has 1 aliphatic heterocycles. The molecule has 2 aromatic rings. The number of nitrogens with zero attached hydrogens (tertiary/aromatic N) is 1. The van der Waals surface area contributed by atoms with Crippen LogP contribution in [0.5, 0.6) is 5.75 Å². The highest BCUT2D eigenvalue weighted by molar-refractivity contribution is 5.94. The van der Waals surface area contributed by atoms with E-state index in [1.807, 2.05) is 48.5 Å². The number of hydrogen-bond donors (Lipinski definition) is 2. The molecular weight excluding hydrogens is 408 g/mol. The molecule has 172 valence electrons. The van der Waals surface area contributed by atoms with Crippen LogP contribution in [0, 0.1) is 0 Å². The van der Waals surface area contributed by atoms with Gasteiger partial charge in [0.1, 0.15) is 12.4 Å². The number of fused-ring (bicyclic) bond motifs is 1. The summed E-state index contributed by atoms with van der Waals surface area (Å²) in [5, 5.41) is 13.9. The van der Waals surface area contributed by atoms with Gasteiger partial charge in [-0.25, -0.2) is 0 Å². The Kier molecular flexibility index (Phi) is 9.53. The molecule has 1 aliphatic rings. The number of hydrogen-bond acceptors (Lipinski definition) is 5. The van der Waals surface area contributed by atoms with E-state index in [9.17, 15) is 9.59 Å². The summed E-state index contributed by atoms with van der Waals surface area (Å²) in [7, 11) is 0. The molecule has 2 aromatic carbocycles. The van der Waals surface area contributed by atoms with Crippen LogP contribution in [0.2, 0.25) is 0 Å². The van der Waals surface area contributed by atoms with Gasteiger partial charge in [-0.15, -0.1) is 0 Å². The Morgan fingerprint density at radius 3 is 2.69 bits per heavy atom. The second-order valence-electron chi connectivity index (χ2n) is 7.84. The van der Waals surface area contributed by atoms with Crippen LogP contribution in [-0.2, 0) is 14.3 Å². The molecule has 0 aliphatic carbocycles. The highest BCUT2D eigenvalue weighted by Crippen LogP contribution is 2.25. The normalized spacial score (nSPS) is 14.9. The first-order valence-corrected chi connectivity index (χ1v) is 11.2. The molecule has 0 unspecified atom stereocenters. The van der Waals surface area contributed by atoms with E-state index in [-0.39, 0.29) is 18.9 Å². The molecule has 7 nitrogen and oxygen atoms in total. The van der Waals surface area contributed by atoms with Gasteiger partial charge in [0.15, 0.2) is 0 Å². The van der Waals surface area contributed by atoms with Gasteiger partial charge >= 0.3 is 5.97 Å². The summed E-state index contributed by atoms with van der Waals surface area (Å²) in [4.78, 5) is 25.8. The summed E-state index contributed by atoms with van der Waals surface area (Å²) in [5.74, 6) is -0.202. The van der Waals surface area contributed by atoms with Crippen LogP contribution in [0.15, 0.2) is 54.1 Å². The molecule has 3 rings (SSSR count). The number of morpholine rings is 1. The first-order chi connectivity index (χ1) is 15.6. The fourth-order valence-corrected chi connectivity index (χ4v) is 3.66. The lowest BCUT2D eigenvalue weighted by Gasteiger charge is -2.26. The summed E-state index contributed by atoms with van der Waals surface area (Å²) in [5.41, 5.74) is 0.565. The van der Waals surface area contributed by atoms with E-state index in [1.165, 1.54) is 0 Å². The SMILES string of the molecule is O=C(O)CCCC/C=C(\COc1cccc2ccccc12)C(=O)NCCN1CCOCC1. The molecule has 0 atom stereocenters. The monoisotopic (exact) mass is 440 g/mol. The summed E-state index contributed by atoms with van der Waals surface area (Å²) in [6.07, 6.45) is 3.95. The number of carbonyl (C=O) groups excluding carboxylic acids is 1. The van der Waals surface area contributed by atoms with Crippen LogP contribution >= 0.6 is 0 Å². The van der Waals surface area contributed by atoms with Crippen molar-refractivity contribution in [2.75, 3.05) is 46.0 Å². The second-order valence-corrected chi connectivity index (χ2v) is 7.84. The first kappa shape index (κ1) is 23.8. The zero-order valence-electron chi connectivity index (χ0n) is 18.4. The van der Waals surface area contributed by atoms with Crippen molar-refractivity contribution in [1.29, 1.82) is 0 Å². The molecule has 1 heterocycles. The minimum Gasteiger partial charge on any atom is -0.488 e. The Morgan fingerprint density at radius 2 is 1.88 bits per heavy atom. The van der Waals surface area contributed by atoms with Gasteiger partial charge in [-0.2, -0.15) is 0 Å². The molecule has 2 N–H and O–H groups in total. The van der Waals surface area contributed by atoms with E-state index in [0.29, 0.717) is 31.4 Å². The number of nitrogens with one attached hydrogen (secondary N) is 1. The average Bonchev–Trinajstić information content (AvgIpc) is 2.81. The minimum absolute atomic E-state index is 0.140. The smallest absolute Gasteiger partial charge is 0.303 e. The van der Waals surface area contributed by atoms with E-state index >= 15 is 0 Å². The lowest BCUT2D eigenvalue weighted by Crippen LogP contribution is -2.41. The third kappa shape index (κ3) is 7.66. The predicted molar refractivity (Wildman–Crippen MR) is 124 cm³/mol. The minimum atomic E-state index is -0.797. The van der Waals surface area contributed by atoms with Crippen molar-refractivity contribution < 1.29 is 24.2 Å². The zero-order chi connectivity index (χ0) is 22.6. The Bertz CT molecular complexity index is 916. The topological polar surface area (TPSA) is 88.1 Å². The molecule has 32 heavy (non-hydrogen) atoms. The number of carbonyl (C=O) groups is 2. The molecular formula is C25H32N2O5. The van der Waals surface area contributed by atoms with Crippen molar-refractivity contribution in [3.8, 4) is 5.75 Å². The number of unbranched alkanes of at least 4 members (excludes halogenated alkanes) is 2. The van der Waals surface area contributed by atoms with Gasteiger partial charge in [-0.1, -0.05) is 42.5 Å². The largest absolute Gasteiger partial charge is 0.488 e. The van der Waals surface area contributed by atoms with Crippen LogP contribution in [-0.4, -0.2) is 67.9 Å². The fourth-order valence-electron chi connectivity index (χ4n) is 3.66. The highest BCUT2D eigenvalue weighted by Gasteiger charge is 2.14. The maximum atomic E-state index is 12.8. The van der Waals surface area contributed by atoms with Gasteiger partial charge in [-0.05, 0) is 30.7 Å². The van der Waals surface area contributed by atoms with Crippen LogP contribution in [0.25, 0.3) is 10.8 Å². The Morgan fingerprint density at radius 1 is 1.09 bits per heavy atom. The molecule has 1 fully saturated rings. The van der Waals surface area contributed by atoms with Crippen molar-refractivity contribution in [2.24, 2.45) is 0 Å². The number of rotatable bonds is 12. The average molecular weight is 441 g/mol. The van der Waals surface area contributed by atoms with Gasteiger partial charge in [0.05, 0.1) is 18.8 Å². The number of carboxylic acid groups (broad SMARTS) is 1. The maximum absolute atomic E-state index is 12.8. The van der Waals surface area contributed by atoms with E-state index in [1.54, 1.807) is 0 Å². The molecule has 7 heteroatoms. The Balaban J connectivity index is 1.58. The van der Waals surface area contributed by atoms with Crippen molar-refractivity contribution >= 4 is 22.6 Å². The molecule has 1 saturated heterocycles. The number of ether oxygens (including phenoxy) is 2. The summed E-state index contributed by atoms with van der Waals surface area (Å²) < 4.78 is 11.4. The number of carboxylic acids is 1. The number of amides is 1. The van der Waals surface area contributed by atoms with Crippen molar-refractivity contribution in [3.63, 3.8) is 0 Å². The Labute approximate surface area is 189 Å². The van der Waals surface area contributed by atoms with Crippen LogP contribution < -0.4 is 10.1 Å². The van der Waals surface area contributed by atoms with Gasteiger partial charge in [0.25, 0.3) is 0 Å². The standard InChI is InChI=1S/C25H32N2O5/c28-24(29)12-3-1-2-8-21(25(30)26-13-14-27-15-17-31-18-16-27)19-32-23-11-6-9-20-7-4-5-10-22(20)23/h4-11H,1-3,12-19H2,(H,26,30)(H,28,29)/b21-8+. The summed E-state index contributed by atoms with van der Waals surface area (Å²) in [6.45, 7) is 4.73. The van der Waals surface area contributed by atoms with Crippen molar-refractivity contribution in [1.82, 2.24) is 10.2 Å². The highest BCUT2D eigenvalue weighted by atomic mass is 16.5. The summed E-state index contributed by atoms with van der Waals surface area (Å²) >= 11 is 0. The van der Waals surface area contributed by atoms with Gasteiger partial charge in [-0.3, -0.25) is 14.5 Å². The lowest BCUT2D eigenvalue weighted by molar-refractivity contribution is -0.137. The second kappa shape index (κ2) is 12.8. The molecule has 0 bridgehead atoms. The Hall–Kier alpha value is -2.90. The van der Waals surface area contributed by atoms with Crippen molar-refractivity contribution in [2.45, 2.75) is 25.7 Å². The predicted octanol–water partition coefficient (Wildman–Crippen LogP) is 3.24. The molecule has 0 radical (unpaired) electrons. The van der Waals surface area contributed by atoms with Gasteiger partial charge < -0.3 is 19.9 Å². The number of benzene rings is 2. The summed E-state index contributed by atoms with van der Waals surface area (Å²) in [6, 6.07) is 13.9. The van der Waals surface area contributed by atoms with E-state index < -0.39 is 5.97 Å². The lowest BCUT2D eigenvalue weighted by atomic mass is 10.1. The van der Waals surface area contributed by atoms with Crippen LogP contribution in [0.1, 0.15) is 25.7 Å². The maximum Gasteiger partial charge on any atom is 0.303 e. The number of aliphatic carboxylic acids is 1. The van der Waals surface area contributed by atoms with E-state index in [4.69, 9.17) is 14.6 Å².